The van der Waals surface area contributed by atoms with Gasteiger partial charge in [0.1, 0.15) is 0 Å². The fourth-order valence-corrected chi connectivity index (χ4v) is 9.05. The fourth-order valence-electron chi connectivity index (χ4n) is 9.05. The van der Waals surface area contributed by atoms with Crippen molar-refractivity contribution in [2.24, 2.45) is 0 Å². The van der Waals surface area contributed by atoms with Crippen LogP contribution in [-0.2, 0) is 11.8 Å². The molecule has 0 radical (unpaired) electrons. The van der Waals surface area contributed by atoms with Gasteiger partial charge < -0.3 is 4.57 Å². The Labute approximate surface area is 317 Å². The molecule has 0 fully saturated rings. The van der Waals surface area contributed by atoms with Gasteiger partial charge in [-0.25, -0.2) is 0 Å². The number of fused-ring (bicyclic) bond motifs is 9. The molecule has 0 spiro atoms. The first-order chi connectivity index (χ1) is 26.5. The Morgan fingerprint density at radius 1 is 0.407 bits per heavy atom. The highest BCUT2D eigenvalue weighted by Crippen LogP contribution is 2.51. The molecule has 258 valence electrons. The van der Waals surface area contributed by atoms with E-state index in [2.05, 4.69) is 189 Å². The molecular formula is C53H41N. The van der Waals surface area contributed by atoms with Crippen LogP contribution in [0, 0.1) is 6.92 Å². The van der Waals surface area contributed by atoms with Crippen molar-refractivity contribution < 1.29 is 0 Å². The van der Waals surface area contributed by atoms with Crippen LogP contribution in [0.15, 0.2) is 182 Å². The van der Waals surface area contributed by atoms with E-state index in [4.69, 9.17) is 0 Å². The Bertz CT molecular complexity index is 2870. The number of hydrogen-bond donors (Lipinski definition) is 0. The number of aromatic nitrogens is 1. The number of rotatable bonds is 3. The second kappa shape index (κ2) is 12.6. The second-order valence-corrected chi connectivity index (χ2v) is 15.4. The zero-order valence-corrected chi connectivity index (χ0v) is 31.0. The van der Waals surface area contributed by atoms with Gasteiger partial charge in [0.05, 0.1) is 11.0 Å². The third-order valence-electron chi connectivity index (χ3n) is 11.8. The zero-order chi connectivity index (χ0) is 36.4. The molecule has 0 bridgehead atoms. The van der Waals surface area contributed by atoms with Crippen molar-refractivity contribution in [1.29, 1.82) is 0 Å². The summed E-state index contributed by atoms with van der Waals surface area (Å²) in [6.07, 6.45) is 1.01. The molecule has 0 saturated carbocycles. The normalized spacial score (nSPS) is 13.2. The molecule has 0 saturated heterocycles. The Morgan fingerprint density at radius 2 is 1.09 bits per heavy atom. The molecule has 9 aromatic rings. The Hall–Kier alpha value is -6.44. The first-order valence-corrected chi connectivity index (χ1v) is 19.1. The van der Waals surface area contributed by atoms with E-state index in [1.807, 2.05) is 18.2 Å². The number of nitrogens with zero attached hydrogens (tertiary/aromatic N) is 1. The third kappa shape index (κ3) is 5.15. The minimum atomic E-state index is -0.0629. The van der Waals surface area contributed by atoms with Gasteiger partial charge in [-0.2, -0.15) is 0 Å². The molecule has 1 heterocycles. The molecular weight excluding hydrogens is 651 g/mol. The Morgan fingerprint density at radius 3 is 1.89 bits per heavy atom. The summed E-state index contributed by atoms with van der Waals surface area (Å²) in [6, 6.07) is 66.9. The van der Waals surface area contributed by atoms with Crippen LogP contribution < -0.4 is 0 Å². The van der Waals surface area contributed by atoms with E-state index in [0.29, 0.717) is 0 Å². The van der Waals surface area contributed by atoms with Crippen LogP contribution in [0.5, 0.6) is 0 Å². The second-order valence-electron chi connectivity index (χ2n) is 15.4. The van der Waals surface area contributed by atoms with E-state index in [-0.39, 0.29) is 5.41 Å². The smallest absolute Gasteiger partial charge is 0.0544 e. The molecule has 2 aliphatic rings. The van der Waals surface area contributed by atoms with Crippen LogP contribution in [-0.4, -0.2) is 4.57 Å². The van der Waals surface area contributed by atoms with E-state index < -0.39 is 0 Å². The average Bonchev–Trinajstić information content (AvgIpc) is 3.83. The van der Waals surface area contributed by atoms with Gasteiger partial charge in [0.15, 0.2) is 0 Å². The van der Waals surface area contributed by atoms with Crippen molar-refractivity contribution in [3.63, 3.8) is 0 Å². The van der Waals surface area contributed by atoms with E-state index in [9.17, 15) is 0 Å². The van der Waals surface area contributed by atoms with E-state index >= 15 is 0 Å². The van der Waals surface area contributed by atoms with Gasteiger partial charge in [-0.15, -0.1) is 0 Å². The summed E-state index contributed by atoms with van der Waals surface area (Å²) in [4.78, 5) is 0. The van der Waals surface area contributed by atoms with Gasteiger partial charge >= 0.3 is 0 Å². The summed E-state index contributed by atoms with van der Waals surface area (Å²) in [5, 5.41) is 2.59. The van der Waals surface area contributed by atoms with Gasteiger partial charge in [-0.1, -0.05) is 165 Å². The van der Waals surface area contributed by atoms with E-state index in [1.54, 1.807) is 0 Å². The number of para-hydroxylation sites is 1. The number of hydrogen-bond acceptors (Lipinski definition) is 0. The van der Waals surface area contributed by atoms with Crippen LogP contribution in [0.1, 0.15) is 41.7 Å². The summed E-state index contributed by atoms with van der Waals surface area (Å²) in [6.45, 7) is 6.82. The molecule has 1 heteroatoms. The quantitative estimate of drug-likeness (QED) is 0.174. The van der Waals surface area contributed by atoms with Crippen molar-refractivity contribution in [1.82, 2.24) is 4.57 Å². The molecule has 0 N–H and O–H groups in total. The first kappa shape index (κ1) is 32.2. The predicted octanol–water partition coefficient (Wildman–Crippen LogP) is 14.0. The van der Waals surface area contributed by atoms with Gasteiger partial charge in [0.25, 0.3) is 0 Å². The van der Waals surface area contributed by atoms with Crippen LogP contribution >= 0.6 is 0 Å². The summed E-state index contributed by atoms with van der Waals surface area (Å²) >= 11 is 0. The monoisotopic (exact) mass is 691 g/mol. The van der Waals surface area contributed by atoms with Crippen LogP contribution in [0.2, 0.25) is 0 Å². The maximum absolute atomic E-state index is 2.49. The van der Waals surface area contributed by atoms with Gasteiger partial charge in [0, 0.05) is 21.9 Å². The highest BCUT2D eigenvalue weighted by Gasteiger charge is 2.36. The summed E-state index contributed by atoms with van der Waals surface area (Å²) in [5.74, 6) is 0. The molecule has 8 aromatic carbocycles. The molecule has 11 rings (SSSR count). The van der Waals surface area contributed by atoms with Gasteiger partial charge in [-0.3, -0.25) is 0 Å². The lowest BCUT2D eigenvalue weighted by Gasteiger charge is -2.22. The van der Waals surface area contributed by atoms with Gasteiger partial charge in [0.2, 0.25) is 0 Å². The molecule has 2 aliphatic carbocycles. The highest BCUT2D eigenvalue weighted by molar-refractivity contribution is 6.12. The zero-order valence-electron chi connectivity index (χ0n) is 31.0. The topological polar surface area (TPSA) is 4.93 Å². The lowest BCUT2D eigenvalue weighted by molar-refractivity contribution is 0.661. The molecule has 0 amide bonds. The summed E-state index contributed by atoms with van der Waals surface area (Å²) in [5.41, 5.74) is 21.0. The minimum absolute atomic E-state index is 0.0629. The first-order valence-electron chi connectivity index (χ1n) is 19.1. The lowest BCUT2D eigenvalue weighted by Crippen LogP contribution is -2.14. The van der Waals surface area contributed by atoms with Crippen molar-refractivity contribution >= 4 is 21.8 Å². The maximum Gasteiger partial charge on any atom is 0.0544 e. The van der Waals surface area contributed by atoms with Crippen molar-refractivity contribution in [2.75, 3.05) is 0 Å². The minimum Gasteiger partial charge on any atom is -0.309 e. The molecule has 54 heavy (non-hydrogen) atoms. The lowest BCUT2D eigenvalue weighted by atomic mass is 9.82. The molecule has 0 atom stereocenters. The van der Waals surface area contributed by atoms with E-state index in [1.165, 1.54) is 99.8 Å². The van der Waals surface area contributed by atoms with E-state index in [0.717, 1.165) is 6.42 Å². The Kier molecular flexibility index (Phi) is 7.52. The third-order valence-corrected chi connectivity index (χ3v) is 11.8. The van der Waals surface area contributed by atoms with Crippen LogP contribution in [0.3, 0.4) is 0 Å². The highest BCUT2D eigenvalue weighted by atomic mass is 15.0. The molecule has 1 nitrogen and oxygen atoms in total. The standard InChI is InChI=1S/C46H33N.C7H8/c1-46(2)42-18-10-8-16-36(42)40-27-41-37-17-9-11-19-44(37)47(45(41)28-43(40)46)33-22-23-35(39(26-33)29-12-4-3-5-13-29)32-21-20-31-24-30-14-6-7-15-34(30)38(31)25-32;1-7-5-3-2-4-6-7/h3-23,25-28H,24H2,1-2H3;2-6H,1H3. The van der Waals surface area contributed by atoms with Gasteiger partial charge in [-0.05, 0) is 117 Å². The summed E-state index contributed by atoms with van der Waals surface area (Å²) in [7, 11) is 0. The summed E-state index contributed by atoms with van der Waals surface area (Å²) < 4.78 is 2.49. The predicted molar refractivity (Wildman–Crippen MR) is 229 cm³/mol. The largest absolute Gasteiger partial charge is 0.309 e. The molecule has 0 aliphatic heterocycles. The van der Waals surface area contributed by atoms with Crippen molar-refractivity contribution in [3.05, 3.63) is 210 Å². The number of aryl methyl sites for hydroxylation is 1. The fraction of sp³-hybridized carbons (Fsp3) is 0.0943. The average molecular weight is 692 g/mol. The molecule has 1 aromatic heterocycles. The molecule has 0 unspecified atom stereocenters. The number of benzene rings is 8. The van der Waals surface area contributed by atoms with Crippen LogP contribution in [0.4, 0.5) is 0 Å². The van der Waals surface area contributed by atoms with Crippen LogP contribution in [0.25, 0.3) is 72.0 Å². The maximum atomic E-state index is 2.49. The SMILES string of the molecule is CC1(C)c2ccccc2-c2cc3c4ccccc4n(-c4ccc(-c5ccc6c(c5)-c5ccccc5C6)c(-c5ccccc5)c4)c3cc21.Cc1ccccc1. The van der Waals surface area contributed by atoms with Crippen molar-refractivity contribution in [2.45, 2.75) is 32.6 Å². The Balaban J connectivity index is 0.000000467. The van der Waals surface area contributed by atoms with Crippen molar-refractivity contribution in [3.8, 4) is 50.2 Å².